The molecule has 3 aromatic heterocycles. The molecule has 34 heavy (non-hydrogen) atoms. The Kier molecular flexibility index (Phi) is 5.98. The summed E-state index contributed by atoms with van der Waals surface area (Å²) in [7, 11) is 5.86. The van der Waals surface area contributed by atoms with Gasteiger partial charge in [-0.3, -0.25) is 4.79 Å². The molecule has 0 unspecified atom stereocenters. The van der Waals surface area contributed by atoms with E-state index in [1.165, 1.54) is 5.56 Å². The number of aryl methyl sites for hydroxylation is 2. The highest BCUT2D eigenvalue weighted by Crippen LogP contribution is 2.33. The van der Waals surface area contributed by atoms with Gasteiger partial charge in [0.05, 0.1) is 23.7 Å². The molecular formula is C26H28N6O2. The Hall–Kier alpha value is -3.78. The fraction of sp³-hybridized carbons (Fsp3) is 0.308. The van der Waals surface area contributed by atoms with Gasteiger partial charge in [-0.15, -0.1) is 0 Å². The van der Waals surface area contributed by atoms with Crippen molar-refractivity contribution in [2.75, 3.05) is 34.2 Å². The summed E-state index contributed by atoms with van der Waals surface area (Å²) in [6, 6.07) is 11.9. The van der Waals surface area contributed by atoms with Crippen molar-refractivity contribution < 1.29 is 9.21 Å². The van der Waals surface area contributed by atoms with Crippen molar-refractivity contribution in [1.29, 1.82) is 0 Å². The van der Waals surface area contributed by atoms with Crippen LogP contribution in [0.1, 0.15) is 27.9 Å². The summed E-state index contributed by atoms with van der Waals surface area (Å²) in [6.45, 7) is 1.55. The number of furan rings is 1. The first-order chi connectivity index (χ1) is 16.5. The van der Waals surface area contributed by atoms with Crippen LogP contribution in [-0.4, -0.2) is 69.7 Å². The summed E-state index contributed by atoms with van der Waals surface area (Å²) in [6.07, 6.45) is 7.80. The quantitative estimate of drug-likeness (QED) is 0.422. The standard InChI is InChI=1S/C26H28N6O2/c1-30(2)13-7-14-31(3)25(33)21-17-28-32(24(21)22-10-6-15-34-22)26-27-16-19-12-11-18-8-4-5-9-20(18)23(19)29-26/h4-6,8-10,15-17H,7,11-14H2,1-3H3. The van der Waals surface area contributed by atoms with Gasteiger partial charge in [-0.2, -0.15) is 9.78 Å². The first-order valence-electron chi connectivity index (χ1n) is 11.5. The van der Waals surface area contributed by atoms with Gasteiger partial charge in [0.1, 0.15) is 5.69 Å². The van der Waals surface area contributed by atoms with Crippen molar-refractivity contribution in [3.05, 3.63) is 71.7 Å². The molecule has 8 heteroatoms. The van der Waals surface area contributed by atoms with E-state index in [2.05, 4.69) is 33.2 Å². The summed E-state index contributed by atoms with van der Waals surface area (Å²) in [5, 5.41) is 4.54. The zero-order valence-electron chi connectivity index (χ0n) is 19.7. The van der Waals surface area contributed by atoms with Gasteiger partial charge in [-0.05, 0) is 63.2 Å². The van der Waals surface area contributed by atoms with E-state index in [-0.39, 0.29) is 5.91 Å². The van der Waals surface area contributed by atoms with E-state index in [0.29, 0.717) is 29.5 Å². The second-order valence-electron chi connectivity index (χ2n) is 8.88. The van der Waals surface area contributed by atoms with Gasteiger partial charge in [0.15, 0.2) is 5.76 Å². The molecule has 0 N–H and O–H groups in total. The first-order valence-corrected chi connectivity index (χ1v) is 11.5. The molecule has 3 heterocycles. The fourth-order valence-electron chi connectivity index (χ4n) is 4.39. The third-order valence-electron chi connectivity index (χ3n) is 6.18. The second kappa shape index (κ2) is 9.23. The van der Waals surface area contributed by atoms with Crippen molar-refractivity contribution in [3.63, 3.8) is 0 Å². The minimum atomic E-state index is -0.111. The molecule has 0 aliphatic heterocycles. The van der Waals surface area contributed by atoms with E-state index < -0.39 is 0 Å². The van der Waals surface area contributed by atoms with Gasteiger partial charge in [0, 0.05) is 25.4 Å². The number of carbonyl (C=O) groups is 1. The van der Waals surface area contributed by atoms with Crippen LogP contribution in [0.4, 0.5) is 0 Å². The van der Waals surface area contributed by atoms with Crippen LogP contribution in [0.5, 0.6) is 0 Å². The maximum Gasteiger partial charge on any atom is 0.257 e. The Labute approximate surface area is 198 Å². The van der Waals surface area contributed by atoms with Crippen LogP contribution >= 0.6 is 0 Å². The zero-order chi connectivity index (χ0) is 23.7. The minimum Gasteiger partial charge on any atom is -0.463 e. The molecule has 0 atom stereocenters. The van der Waals surface area contributed by atoms with Crippen molar-refractivity contribution in [2.24, 2.45) is 0 Å². The number of benzene rings is 1. The number of carbonyl (C=O) groups excluding carboxylic acids is 1. The van der Waals surface area contributed by atoms with E-state index in [0.717, 1.165) is 42.6 Å². The molecule has 0 bridgehead atoms. The molecule has 8 nitrogen and oxygen atoms in total. The van der Waals surface area contributed by atoms with E-state index >= 15 is 0 Å². The van der Waals surface area contributed by atoms with Gasteiger partial charge < -0.3 is 14.2 Å². The predicted octanol–water partition coefficient (Wildman–Crippen LogP) is 3.71. The SMILES string of the molecule is CN(C)CCCN(C)C(=O)c1cnn(-c2ncc3c(n2)-c2ccccc2CC3)c1-c1ccco1. The van der Waals surface area contributed by atoms with Crippen LogP contribution in [0.2, 0.25) is 0 Å². The molecule has 4 aromatic rings. The molecule has 1 aliphatic rings. The molecule has 5 rings (SSSR count). The predicted molar refractivity (Wildman–Crippen MR) is 130 cm³/mol. The van der Waals surface area contributed by atoms with E-state index in [1.54, 1.807) is 28.1 Å². The van der Waals surface area contributed by atoms with Crippen LogP contribution in [0, 0.1) is 0 Å². The first kappa shape index (κ1) is 22.0. The minimum absolute atomic E-state index is 0.111. The van der Waals surface area contributed by atoms with Gasteiger partial charge in [-0.25, -0.2) is 9.97 Å². The number of rotatable bonds is 7. The summed E-state index contributed by atoms with van der Waals surface area (Å²) < 4.78 is 7.31. The molecule has 0 spiro atoms. The molecule has 1 aliphatic carbocycles. The van der Waals surface area contributed by atoms with Crippen LogP contribution in [0.3, 0.4) is 0 Å². The Bertz CT molecular complexity index is 1310. The van der Waals surface area contributed by atoms with Gasteiger partial charge in [-0.1, -0.05) is 24.3 Å². The molecular weight excluding hydrogens is 428 g/mol. The highest BCUT2D eigenvalue weighted by Gasteiger charge is 2.26. The van der Waals surface area contributed by atoms with Crippen molar-refractivity contribution in [1.82, 2.24) is 29.5 Å². The molecule has 1 aromatic carbocycles. The van der Waals surface area contributed by atoms with Crippen LogP contribution < -0.4 is 0 Å². The second-order valence-corrected chi connectivity index (χ2v) is 8.88. The van der Waals surface area contributed by atoms with Crippen LogP contribution in [-0.2, 0) is 12.8 Å². The molecule has 174 valence electrons. The lowest BCUT2D eigenvalue weighted by Gasteiger charge is -2.19. The van der Waals surface area contributed by atoms with E-state index in [9.17, 15) is 4.79 Å². The Morgan fingerprint density at radius 1 is 1.03 bits per heavy atom. The average Bonchev–Trinajstić information content (AvgIpc) is 3.52. The lowest BCUT2D eigenvalue weighted by Crippen LogP contribution is -2.30. The number of aromatic nitrogens is 4. The summed E-state index contributed by atoms with van der Waals surface area (Å²) in [5.41, 5.74) is 5.45. The lowest BCUT2D eigenvalue weighted by atomic mass is 9.90. The maximum atomic E-state index is 13.4. The molecule has 0 fully saturated rings. The third kappa shape index (κ3) is 4.12. The molecule has 0 saturated heterocycles. The smallest absolute Gasteiger partial charge is 0.257 e. The van der Waals surface area contributed by atoms with Crippen molar-refractivity contribution >= 4 is 5.91 Å². The Balaban J connectivity index is 1.54. The van der Waals surface area contributed by atoms with E-state index in [1.807, 2.05) is 39.5 Å². The number of nitrogens with zero attached hydrogens (tertiary/aromatic N) is 6. The lowest BCUT2D eigenvalue weighted by molar-refractivity contribution is 0.0791. The monoisotopic (exact) mass is 456 g/mol. The summed E-state index contributed by atoms with van der Waals surface area (Å²) in [4.78, 5) is 26.7. The highest BCUT2D eigenvalue weighted by molar-refractivity contribution is 5.99. The largest absolute Gasteiger partial charge is 0.463 e. The van der Waals surface area contributed by atoms with Crippen LogP contribution in [0.25, 0.3) is 28.7 Å². The van der Waals surface area contributed by atoms with Crippen molar-refractivity contribution in [2.45, 2.75) is 19.3 Å². The highest BCUT2D eigenvalue weighted by atomic mass is 16.3. The Morgan fingerprint density at radius 3 is 2.65 bits per heavy atom. The number of amides is 1. The number of fused-ring (bicyclic) bond motifs is 3. The average molecular weight is 457 g/mol. The fourth-order valence-corrected chi connectivity index (χ4v) is 4.39. The zero-order valence-corrected chi connectivity index (χ0v) is 19.7. The molecule has 0 saturated carbocycles. The number of hydrogen-bond donors (Lipinski definition) is 0. The van der Waals surface area contributed by atoms with E-state index in [4.69, 9.17) is 9.40 Å². The third-order valence-corrected chi connectivity index (χ3v) is 6.18. The molecule has 1 amide bonds. The topological polar surface area (TPSA) is 80.3 Å². The van der Waals surface area contributed by atoms with Crippen LogP contribution in [0.15, 0.2) is 59.5 Å². The normalized spacial score (nSPS) is 12.5. The summed E-state index contributed by atoms with van der Waals surface area (Å²) >= 11 is 0. The summed E-state index contributed by atoms with van der Waals surface area (Å²) in [5.74, 6) is 0.847. The van der Waals surface area contributed by atoms with Gasteiger partial charge >= 0.3 is 0 Å². The Morgan fingerprint density at radius 2 is 1.85 bits per heavy atom. The maximum absolute atomic E-state index is 13.4. The van der Waals surface area contributed by atoms with Gasteiger partial charge in [0.25, 0.3) is 11.9 Å². The molecule has 0 radical (unpaired) electrons. The van der Waals surface area contributed by atoms with Crippen molar-refractivity contribution in [3.8, 4) is 28.7 Å². The van der Waals surface area contributed by atoms with Gasteiger partial charge in [0.2, 0.25) is 0 Å². The number of hydrogen-bond acceptors (Lipinski definition) is 6.